The minimum atomic E-state index is -4.15. The Kier molecular flexibility index (Phi) is 2.90. The van der Waals surface area contributed by atoms with Crippen molar-refractivity contribution < 1.29 is 7.84 Å². The molecule has 3 N–H and O–H groups in total. The van der Waals surface area contributed by atoms with Crippen molar-refractivity contribution >= 4 is 28.2 Å². The summed E-state index contributed by atoms with van der Waals surface area (Å²) in [5, 5.41) is 0. The van der Waals surface area contributed by atoms with E-state index in [1.807, 2.05) is 6.07 Å². The first-order valence-electron chi connectivity index (χ1n) is 4.85. The van der Waals surface area contributed by atoms with Crippen LogP contribution in [0, 0.1) is 0 Å². The van der Waals surface area contributed by atoms with Crippen molar-refractivity contribution in [2.45, 2.75) is 0 Å². The van der Waals surface area contributed by atoms with E-state index in [0.29, 0.717) is 14.4 Å². The molecule has 2 aromatic carbocycles. The molecule has 16 heavy (non-hydrogen) atoms. The molecule has 0 amide bonds. The summed E-state index contributed by atoms with van der Waals surface area (Å²) in [5.41, 5.74) is 6.13. The molecule has 0 aliphatic carbocycles. The Morgan fingerprint density at radius 3 is 1.94 bits per heavy atom. The molecular weight excluding hydrogens is 265 g/mol. The first-order chi connectivity index (χ1) is 7.60. The summed E-state index contributed by atoms with van der Waals surface area (Å²) < 4.78 is 23.4. The molecule has 0 aliphatic rings. The van der Waals surface area contributed by atoms with E-state index in [9.17, 15) is 7.84 Å². The molecule has 0 saturated heterocycles. The van der Waals surface area contributed by atoms with E-state index in [0.717, 1.165) is 0 Å². The molecule has 0 saturated carbocycles. The SMILES string of the molecule is Nc1ccc([As](=O)(O)c2ccccc2)cc1. The Bertz CT molecular complexity index is 522. The van der Waals surface area contributed by atoms with Crippen LogP contribution < -0.4 is 14.4 Å². The van der Waals surface area contributed by atoms with Crippen molar-refractivity contribution in [1.82, 2.24) is 0 Å². The van der Waals surface area contributed by atoms with Crippen LogP contribution in [0.15, 0.2) is 54.6 Å². The van der Waals surface area contributed by atoms with E-state index in [1.165, 1.54) is 0 Å². The quantitative estimate of drug-likeness (QED) is 0.611. The predicted octanol–water partition coefficient (Wildman–Crippen LogP) is 0.248. The number of hydrogen-bond acceptors (Lipinski definition) is 2. The number of anilines is 1. The normalized spacial score (nSPS) is 14.3. The summed E-state index contributed by atoms with van der Waals surface area (Å²) in [7, 11) is 0. The average molecular weight is 277 g/mol. The van der Waals surface area contributed by atoms with E-state index < -0.39 is 13.8 Å². The van der Waals surface area contributed by atoms with Gasteiger partial charge in [-0.25, -0.2) is 0 Å². The number of rotatable bonds is 2. The van der Waals surface area contributed by atoms with Gasteiger partial charge < -0.3 is 0 Å². The third kappa shape index (κ3) is 2.06. The van der Waals surface area contributed by atoms with Crippen LogP contribution in [-0.2, 0) is 3.74 Å². The van der Waals surface area contributed by atoms with E-state index in [2.05, 4.69) is 0 Å². The Morgan fingerprint density at radius 1 is 0.875 bits per heavy atom. The van der Waals surface area contributed by atoms with E-state index in [1.54, 1.807) is 48.5 Å². The van der Waals surface area contributed by atoms with Crippen molar-refractivity contribution in [1.29, 1.82) is 0 Å². The Hall–Kier alpha value is -1.44. The molecule has 0 spiro atoms. The summed E-state index contributed by atoms with van der Waals surface area (Å²) in [6.07, 6.45) is 0. The number of hydrogen-bond donors (Lipinski definition) is 2. The molecule has 4 heteroatoms. The zero-order valence-electron chi connectivity index (χ0n) is 8.58. The van der Waals surface area contributed by atoms with Crippen LogP contribution in [0.5, 0.6) is 0 Å². The number of benzene rings is 2. The minimum absolute atomic E-state index is 0.457. The van der Waals surface area contributed by atoms with Gasteiger partial charge in [0.15, 0.2) is 0 Å². The van der Waals surface area contributed by atoms with Crippen LogP contribution in [-0.4, -0.2) is 17.9 Å². The van der Waals surface area contributed by atoms with Crippen LogP contribution in [0.4, 0.5) is 5.69 Å². The first-order valence-corrected chi connectivity index (χ1v) is 8.33. The number of nitrogens with two attached hydrogens (primary N) is 1. The van der Waals surface area contributed by atoms with Gasteiger partial charge in [0.2, 0.25) is 0 Å². The van der Waals surface area contributed by atoms with Gasteiger partial charge in [-0.15, -0.1) is 0 Å². The van der Waals surface area contributed by atoms with Crippen LogP contribution in [0.2, 0.25) is 0 Å². The van der Waals surface area contributed by atoms with Crippen molar-refractivity contribution in [3.8, 4) is 0 Å². The van der Waals surface area contributed by atoms with Crippen LogP contribution in [0.25, 0.3) is 0 Å². The fraction of sp³-hybridized carbons (Fsp3) is 0. The van der Waals surface area contributed by atoms with Crippen molar-refractivity contribution in [3.63, 3.8) is 0 Å². The van der Waals surface area contributed by atoms with Crippen LogP contribution in [0.1, 0.15) is 0 Å². The fourth-order valence-corrected chi connectivity index (χ4v) is 4.45. The Balaban J connectivity index is 2.47. The van der Waals surface area contributed by atoms with Crippen LogP contribution >= 0.6 is 0 Å². The van der Waals surface area contributed by atoms with Crippen molar-refractivity contribution in [3.05, 3.63) is 54.6 Å². The fourth-order valence-electron chi connectivity index (χ4n) is 1.46. The predicted molar refractivity (Wildman–Crippen MR) is 65.2 cm³/mol. The zero-order chi connectivity index (χ0) is 11.6. The van der Waals surface area contributed by atoms with Gasteiger partial charge in [-0.05, 0) is 0 Å². The van der Waals surface area contributed by atoms with Crippen molar-refractivity contribution in [2.24, 2.45) is 0 Å². The molecular formula is C12H12AsNO2. The first kappa shape index (κ1) is 11.1. The molecule has 0 radical (unpaired) electrons. The van der Waals surface area contributed by atoms with Gasteiger partial charge in [-0.2, -0.15) is 0 Å². The van der Waals surface area contributed by atoms with E-state index >= 15 is 0 Å². The Morgan fingerprint density at radius 2 is 1.38 bits per heavy atom. The molecule has 82 valence electrons. The maximum atomic E-state index is 12.3. The van der Waals surface area contributed by atoms with E-state index in [-0.39, 0.29) is 0 Å². The summed E-state index contributed by atoms with van der Waals surface area (Å²) >= 11 is -4.15. The maximum absolute atomic E-state index is 12.3. The standard InChI is InChI=1S/C12H12AsNO2/c14-12-8-6-11(7-9-12)13(15,16)10-4-2-1-3-5-10/h1-9H,14H2,(H,15,16). The summed E-state index contributed by atoms with van der Waals surface area (Å²) in [4.78, 5) is 0. The second-order valence-corrected chi connectivity index (χ2v) is 8.09. The molecule has 0 aliphatic heterocycles. The molecule has 2 aromatic rings. The summed E-state index contributed by atoms with van der Waals surface area (Å²) in [5.74, 6) is 0. The molecule has 0 fully saturated rings. The molecule has 1 unspecified atom stereocenters. The topological polar surface area (TPSA) is 63.3 Å². The zero-order valence-corrected chi connectivity index (χ0v) is 10.5. The summed E-state index contributed by atoms with van der Waals surface area (Å²) in [6.45, 7) is 0. The average Bonchev–Trinajstić information content (AvgIpc) is 2.31. The molecule has 1 atom stereocenters. The molecule has 0 bridgehead atoms. The van der Waals surface area contributed by atoms with E-state index in [4.69, 9.17) is 5.73 Å². The second kappa shape index (κ2) is 4.20. The van der Waals surface area contributed by atoms with Gasteiger partial charge in [-0.1, -0.05) is 0 Å². The second-order valence-electron chi connectivity index (χ2n) is 3.50. The molecule has 3 nitrogen and oxygen atoms in total. The third-order valence-corrected chi connectivity index (χ3v) is 6.54. The Labute approximate surface area is 96.6 Å². The van der Waals surface area contributed by atoms with Gasteiger partial charge in [0.1, 0.15) is 0 Å². The third-order valence-electron chi connectivity index (χ3n) is 2.35. The monoisotopic (exact) mass is 277 g/mol. The van der Waals surface area contributed by atoms with Crippen LogP contribution in [0.3, 0.4) is 0 Å². The van der Waals surface area contributed by atoms with Gasteiger partial charge in [0, 0.05) is 0 Å². The van der Waals surface area contributed by atoms with Gasteiger partial charge >= 0.3 is 96.4 Å². The molecule has 2 rings (SSSR count). The van der Waals surface area contributed by atoms with Crippen molar-refractivity contribution in [2.75, 3.05) is 5.73 Å². The van der Waals surface area contributed by atoms with Gasteiger partial charge in [-0.3, -0.25) is 0 Å². The van der Waals surface area contributed by atoms with Gasteiger partial charge in [0.25, 0.3) is 0 Å². The molecule has 0 aromatic heterocycles. The number of nitrogen functional groups attached to an aromatic ring is 1. The summed E-state index contributed by atoms with van der Waals surface area (Å²) in [6, 6.07) is 15.2. The van der Waals surface area contributed by atoms with Gasteiger partial charge in [0.05, 0.1) is 0 Å². The molecule has 0 heterocycles.